The maximum Gasteiger partial charge on any atom is 0.416 e. The predicted molar refractivity (Wildman–Crippen MR) is 71.7 cm³/mol. The minimum absolute atomic E-state index is 0.251. The van der Waals surface area contributed by atoms with Gasteiger partial charge in [0.15, 0.2) is 0 Å². The van der Waals surface area contributed by atoms with Crippen molar-refractivity contribution in [3.05, 3.63) is 64.7 Å². The lowest BCUT2D eigenvalue weighted by molar-refractivity contribution is -0.137. The zero-order valence-corrected chi connectivity index (χ0v) is 11.3. The van der Waals surface area contributed by atoms with Crippen LogP contribution >= 0.6 is 0 Å². The van der Waals surface area contributed by atoms with Crippen LogP contribution in [0.2, 0.25) is 0 Å². The molecule has 20 heavy (non-hydrogen) atoms. The Hall–Kier alpha value is -1.97. The normalized spacial score (nSPS) is 11.4. The third kappa shape index (κ3) is 3.76. The number of ether oxygens (including phenoxy) is 1. The van der Waals surface area contributed by atoms with Gasteiger partial charge in [-0.25, -0.2) is 0 Å². The first kappa shape index (κ1) is 14.4. The molecular formula is C16H15F3O. The molecule has 0 bridgehead atoms. The van der Waals surface area contributed by atoms with E-state index < -0.39 is 11.7 Å². The van der Waals surface area contributed by atoms with Gasteiger partial charge in [0.05, 0.1) is 5.56 Å². The molecule has 0 heterocycles. The van der Waals surface area contributed by atoms with Crippen molar-refractivity contribution in [1.29, 1.82) is 0 Å². The molecule has 0 amide bonds. The monoisotopic (exact) mass is 280 g/mol. The van der Waals surface area contributed by atoms with Gasteiger partial charge in [0.1, 0.15) is 12.4 Å². The Kier molecular flexibility index (Phi) is 4.02. The maximum atomic E-state index is 12.4. The fourth-order valence-corrected chi connectivity index (χ4v) is 1.97. The van der Waals surface area contributed by atoms with Gasteiger partial charge in [0, 0.05) is 0 Å². The molecule has 0 aliphatic heterocycles. The lowest BCUT2D eigenvalue weighted by Crippen LogP contribution is -2.05. The van der Waals surface area contributed by atoms with E-state index in [0.717, 1.165) is 29.0 Å². The molecule has 106 valence electrons. The number of alkyl halides is 3. The first-order valence-corrected chi connectivity index (χ1v) is 6.22. The third-order valence-electron chi connectivity index (χ3n) is 2.88. The maximum absolute atomic E-state index is 12.4. The van der Waals surface area contributed by atoms with Crippen molar-refractivity contribution in [2.45, 2.75) is 26.6 Å². The van der Waals surface area contributed by atoms with Gasteiger partial charge in [-0.2, -0.15) is 13.2 Å². The van der Waals surface area contributed by atoms with Crippen molar-refractivity contribution in [3.8, 4) is 5.75 Å². The van der Waals surface area contributed by atoms with Gasteiger partial charge in [0.25, 0.3) is 0 Å². The third-order valence-corrected chi connectivity index (χ3v) is 2.88. The topological polar surface area (TPSA) is 9.23 Å². The standard InChI is InChI=1S/C16H15F3O/c1-11-7-12(2)9-15(8-11)20-10-13-3-5-14(6-4-13)16(17,18)19/h3-9H,10H2,1-2H3. The summed E-state index contributed by atoms with van der Waals surface area (Å²) >= 11 is 0. The molecule has 0 aliphatic carbocycles. The predicted octanol–water partition coefficient (Wildman–Crippen LogP) is 4.90. The Bertz CT molecular complexity index is 565. The molecule has 0 saturated heterocycles. The van der Waals surface area contributed by atoms with E-state index in [0.29, 0.717) is 5.56 Å². The van der Waals surface area contributed by atoms with E-state index in [-0.39, 0.29) is 6.61 Å². The van der Waals surface area contributed by atoms with Crippen LogP contribution in [0.3, 0.4) is 0 Å². The van der Waals surface area contributed by atoms with Gasteiger partial charge in [-0.3, -0.25) is 0 Å². The van der Waals surface area contributed by atoms with Crippen LogP contribution in [0.5, 0.6) is 5.75 Å². The van der Waals surface area contributed by atoms with E-state index in [1.807, 2.05) is 32.0 Å². The summed E-state index contributed by atoms with van der Waals surface area (Å²) < 4.78 is 42.9. The molecule has 0 aromatic heterocycles. The Balaban J connectivity index is 2.04. The summed E-state index contributed by atoms with van der Waals surface area (Å²) in [6, 6.07) is 10.8. The number of benzene rings is 2. The molecule has 0 fully saturated rings. The summed E-state index contributed by atoms with van der Waals surface area (Å²) in [5, 5.41) is 0. The van der Waals surface area contributed by atoms with Gasteiger partial charge in [-0.05, 0) is 54.8 Å². The second kappa shape index (κ2) is 5.57. The molecule has 2 rings (SSSR count). The van der Waals surface area contributed by atoms with Crippen molar-refractivity contribution in [1.82, 2.24) is 0 Å². The Morgan fingerprint density at radius 2 is 1.45 bits per heavy atom. The van der Waals surface area contributed by atoms with Crippen LogP contribution < -0.4 is 4.74 Å². The van der Waals surface area contributed by atoms with Crippen LogP contribution in [0.1, 0.15) is 22.3 Å². The van der Waals surface area contributed by atoms with Crippen molar-refractivity contribution in [2.75, 3.05) is 0 Å². The zero-order chi connectivity index (χ0) is 14.8. The van der Waals surface area contributed by atoms with Gasteiger partial charge >= 0.3 is 6.18 Å². The first-order chi connectivity index (χ1) is 9.34. The van der Waals surface area contributed by atoms with Gasteiger partial charge in [-0.15, -0.1) is 0 Å². The Morgan fingerprint density at radius 3 is 1.95 bits per heavy atom. The molecule has 0 saturated carbocycles. The summed E-state index contributed by atoms with van der Waals surface area (Å²) in [6.07, 6.45) is -4.30. The van der Waals surface area contributed by atoms with Crippen LogP contribution in [0.15, 0.2) is 42.5 Å². The van der Waals surface area contributed by atoms with Crippen molar-refractivity contribution in [2.24, 2.45) is 0 Å². The number of halogens is 3. The van der Waals surface area contributed by atoms with Gasteiger partial charge < -0.3 is 4.74 Å². The highest BCUT2D eigenvalue weighted by Gasteiger charge is 2.29. The summed E-state index contributed by atoms with van der Waals surface area (Å²) in [4.78, 5) is 0. The largest absolute Gasteiger partial charge is 0.489 e. The van der Waals surface area contributed by atoms with Gasteiger partial charge in [-0.1, -0.05) is 18.2 Å². The van der Waals surface area contributed by atoms with E-state index in [1.165, 1.54) is 12.1 Å². The van der Waals surface area contributed by atoms with Crippen molar-refractivity contribution < 1.29 is 17.9 Å². The molecule has 0 atom stereocenters. The van der Waals surface area contributed by atoms with Crippen LogP contribution in [-0.2, 0) is 12.8 Å². The molecule has 2 aromatic rings. The average Bonchev–Trinajstić information content (AvgIpc) is 2.35. The van der Waals surface area contributed by atoms with Crippen LogP contribution in [0.4, 0.5) is 13.2 Å². The fourth-order valence-electron chi connectivity index (χ4n) is 1.97. The molecule has 2 aromatic carbocycles. The number of hydrogen-bond donors (Lipinski definition) is 0. The van der Waals surface area contributed by atoms with E-state index in [4.69, 9.17) is 4.74 Å². The fraction of sp³-hybridized carbons (Fsp3) is 0.250. The first-order valence-electron chi connectivity index (χ1n) is 6.22. The smallest absolute Gasteiger partial charge is 0.416 e. The second-order valence-electron chi connectivity index (χ2n) is 4.81. The van der Waals surface area contributed by atoms with E-state index in [2.05, 4.69) is 0 Å². The van der Waals surface area contributed by atoms with Crippen LogP contribution in [0, 0.1) is 13.8 Å². The molecular weight excluding hydrogens is 265 g/mol. The van der Waals surface area contributed by atoms with E-state index in [9.17, 15) is 13.2 Å². The molecule has 1 nitrogen and oxygen atoms in total. The zero-order valence-electron chi connectivity index (χ0n) is 11.3. The number of hydrogen-bond acceptors (Lipinski definition) is 1. The molecule has 4 heteroatoms. The SMILES string of the molecule is Cc1cc(C)cc(OCc2ccc(C(F)(F)F)cc2)c1. The Morgan fingerprint density at radius 1 is 0.900 bits per heavy atom. The summed E-state index contributed by atoms with van der Waals surface area (Å²) in [5.74, 6) is 0.724. The molecule has 0 aliphatic rings. The Labute approximate surface area is 116 Å². The molecule has 0 radical (unpaired) electrons. The van der Waals surface area contributed by atoms with Gasteiger partial charge in [0.2, 0.25) is 0 Å². The number of rotatable bonds is 3. The summed E-state index contributed by atoms with van der Waals surface area (Å²) in [5.41, 5.74) is 2.24. The minimum atomic E-state index is -4.30. The number of aryl methyl sites for hydroxylation is 2. The second-order valence-corrected chi connectivity index (χ2v) is 4.81. The molecule has 0 spiro atoms. The average molecular weight is 280 g/mol. The van der Waals surface area contributed by atoms with E-state index >= 15 is 0 Å². The summed E-state index contributed by atoms with van der Waals surface area (Å²) in [7, 11) is 0. The molecule has 0 unspecified atom stereocenters. The summed E-state index contributed by atoms with van der Waals surface area (Å²) in [6.45, 7) is 4.19. The van der Waals surface area contributed by atoms with Crippen LogP contribution in [-0.4, -0.2) is 0 Å². The van der Waals surface area contributed by atoms with E-state index in [1.54, 1.807) is 0 Å². The van der Waals surface area contributed by atoms with Crippen molar-refractivity contribution in [3.63, 3.8) is 0 Å². The minimum Gasteiger partial charge on any atom is -0.489 e. The lowest BCUT2D eigenvalue weighted by Gasteiger charge is -2.10. The molecule has 0 N–H and O–H groups in total. The highest BCUT2D eigenvalue weighted by atomic mass is 19.4. The quantitative estimate of drug-likeness (QED) is 0.777. The van der Waals surface area contributed by atoms with Crippen LogP contribution in [0.25, 0.3) is 0 Å². The lowest BCUT2D eigenvalue weighted by atomic mass is 10.1. The highest BCUT2D eigenvalue weighted by molar-refractivity contribution is 5.33. The van der Waals surface area contributed by atoms with Crippen molar-refractivity contribution >= 4 is 0 Å². The highest BCUT2D eigenvalue weighted by Crippen LogP contribution is 2.29.